The highest BCUT2D eigenvalue weighted by atomic mass is 35.5. The van der Waals surface area contributed by atoms with E-state index < -0.39 is 0 Å². The van der Waals surface area contributed by atoms with Crippen LogP contribution >= 0.6 is 11.6 Å². The third-order valence-electron chi connectivity index (χ3n) is 3.50. The molecule has 0 amide bonds. The van der Waals surface area contributed by atoms with Crippen LogP contribution in [0.15, 0.2) is 0 Å². The van der Waals surface area contributed by atoms with Crippen molar-refractivity contribution in [3.05, 3.63) is 16.5 Å². The summed E-state index contributed by atoms with van der Waals surface area (Å²) in [6.45, 7) is 3.78. The lowest BCUT2D eigenvalue weighted by molar-refractivity contribution is 0.0782. The molecular weight excluding hydrogens is 238 g/mol. The Morgan fingerprint density at radius 2 is 2.00 bits per heavy atom. The van der Waals surface area contributed by atoms with Crippen LogP contribution in [-0.4, -0.2) is 36.3 Å². The number of methoxy groups -OCH3 is 1. The van der Waals surface area contributed by atoms with Crippen LogP contribution in [-0.2, 0) is 4.74 Å². The van der Waals surface area contributed by atoms with Crippen molar-refractivity contribution >= 4 is 17.4 Å². The average molecular weight is 254 g/mol. The second-order valence-corrected chi connectivity index (χ2v) is 5.22. The number of aromatic nitrogens is 2. The minimum Gasteiger partial charge on any atom is -0.378 e. The minimum absolute atomic E-state index is 0.326. The van der Waals surface area contributed by atoms with E-state index in [1.165, 1.54) is 12.8 Å². The van der Waals surface area contributed by atoms with Gasteiger partial charge in [-0.1, -0.05) is 11.6 Å². The van der Waals surface area contributed by atoms with Gasteiger partial charge in [-0.3, -0.25) is 0 Å². The summed E-state index contributed by atoms with van der Waals surface area (Å²) in [5.74, 6) is 2.43. The first-order valence-corrected chi connectivity index (χ1v) is 6.38. The van der Waals surface area contributed by atoms with Crippen LogP contribution in [0.5, 0.6) is 0 Å². The van der Waals surface area contributed by atoms with Crippen molar-refractivity contribution in [3.8, 4) is 0 Å². The highest BCUT2D eigenvalue weighted by Gasteiger charge is 2.32. The summed E-state index contributed by atoms with van der Waals surface area (Å²) in [4.78, 5) is 11.2. The summed E-state index contributed by atoms with van der Waals surface area (Å²) >= 11 is 6.18. The lowest BCUT2D eigenvalue weighted by atomic mass is 10.1. The number of hydrogen-bond acceptors (Lipinski definition) is 4. The molecule has 2 heterocycles. The highest BCUT2D eigenvalue weighted by molar-refractivity contribution is 6.30. The number of rotatable bonds is 3. The van der Waals surface area contributed by atoms with E-state index in [9.17, 15) is 0 Å². The summed E-state index contributed by atoms with van der Waals surface area (Å²) in [5, 5.41) is 0.595. The molecule has 3 rings (SSSR count). The summed E-state index contributed by atoms with van der Waals surface area (Å²) in [7, 11) is 1.75. The Bertz CT molecular complexity index is 442. The van der Waals surface area contributed by atoms with Crippen LogP contribution in [0.4, 0.5) is 5.82 Å². The summed E-state index contributed by atoms with van der Waals surface area (Å²) in [6, 6.07) is 0. The fourth-order valence-electron chi connectivity index (χ4n) is 2.09. The Balaban J connectivity index is 1.87. The third kappa shape index (κ3) is 2.00. The molecule has 0 spiro atoms. The van der Waals surface area contributed by atoms with Crippen molar-refractivity contribution in [3.63, 3.8) is 0 Å². The first-order valence-electron chi connectivity index (χ1n) is 6.01. The van der Waals surface area contributed by atoms with Gasteiger partial charge in [-0.2, -0.15) is 0 Å². The largest absolute Gasteiger partial charge is 0.378 e. The molecule has 0 N–H and O–H groups in total. The Hall–Kier alpha value is -0.870. The second kappa shape index (κ2) is 4.10. The lowest BCUT2D eigenvalue weighted by Crippen LogP contribution is -2.52. The third-order valence-corrected chi connectivity index (χ3v) is 3.87. The molecule has 5 heteroatoms. The number of nitrogens with zero attached hydrogens (tertiary/aromatic N) is 3. The Morgan fingerprint density at radius 3 is 2.59 bits per heavy atom. The van der Waals surface area contributed by atoms with Gasteiger partial charge in [0.25, 0.3) is 0 Å². The summed E-state index contributed by atoms with van der Waals surface area (Å²) < 4.78 is 5.28. The maximum Gasteiger partial charge on any atom is 0.137 e. The topological polar surface area (TPSA) is 38.2 Å². The van der Waals surface area contributed by atoms with Crippen molar-refractivity contribution in [2.75, 3.05) is 25.1 Å². The van der Waals surface area contributed by atoms with Gasteiger partial charge in [0.15, 0.2) is 0 Å². The molecule has 0 atom stereocenters. The van der Waals surface area contributed by atoms with E-state index in [0.717, 1.165) is 30.3 Å². The number of halogens is 1. The van der Waals surface area contributed by atoms with Crippen molar-refractivity contribution in [1.82, 2.24) is 9.97 Å². The van der Waals surface area contributed by atoms with Gasteiger partial charge >= 0.3 is 0 Å². The van der Waals surface area contributed by atoms with Gasteiger partial charge in [0, 0.05) is 31.7 Å². The molecule has 1 saturated carbocycles. The zero-order valence-electron chi connectivity index (χ0n) is 10.1. The first kappa shape index (κ1) is 11.2. The molecule has 1 aliphatic carbocycles. The van der Waals surface area contributed by atoms with Crippen LogP contribution in [0, 0.1) is 6.92 Å². The fraction of sp³-hybridized carbons (Fsp3) is 0.667. The predicted molar refractivity (Wildman–Crippen MR) is 66.8 cm³/mol. The zero-order valence-corrected chi connectivity index (χ0v) is 10.9. The smallest absolute Gasteiger partial charge is 0.137 e. The van der Waals surface area contributed by atoms with E-state index in [4.69, 9.17) is 16.3 Å². The molecule has 0 radical (unpaired) electrons. The van der Waals surface area contributed by atoms with Crippen LogP contribution in [0.2, 0.25) is 5.15 Å². The molecule has 92 valence electrons. The van der Waals surface area contributed by atoms with Crippen molar-refractivity contribution < 1.29 is 4.74 Å². The maximum absolute atomic E-state index is 6.18. The normalized spacial score (nSPS) is 20.5. The number of anilines is 1. The van der Waals surface area contributed by atoms with Crippen LogP contribution in [0.25, 0.3) is 0 Å². The van der Waals surface area contributed by atoms with E-state index in [0.29, 0.717) is 17.2 Å². The van der Waals surface area contributed by atoms with Gasteiger partial charge in [-0.05, 0) is 19.8 Å². The highest BCUT2D eigenvalue weighted by Crippen LogP contribution is 2.40. The van der Waals surface area contributed by atoms with Gasteiger partial charge in [0.1, 0.15) is 16.8 Å². The molecule has 0 bridgehead atoms. The van der Waals surface area contributed by atoms with Crippen LogP contribution < -0.4 is 4.90 Å². The first-order chi connectivity index (χ1) is 8.19. The quantitative estimate of drug-likeness (QED) is 0.774. The second-order valence-electron chi connectivity index (χ2n) is 4.86. The Morgan fingerprint density at radius 1 is 1.29 bits per heavy atom. The van der Waals surface area contributed by atoms with Crippen LogP contribution in [0.3, 0.4) is 0 Å². The standard InChI is InChI=1S/C12H16ClN3O/c1-7-10(13)14-11(8-3-4-8)15-12(7)16-5-9(6-16)17-2/h8-9H,3-6H2,1-2H3. The van der Waals surface area contributed by atoms with E-state index >= 15 is 0 Å². The Labute approximate surface area is 106 Å². The lowest BCUT2D eigenvalue weighted by Gasteiger charge is -2.39. The van der Waals surface area contributed by atoms with E-state index in [-0.39, 0.29) is 0 Å². The van der Waals surface area contributed by atoms with E-state index in [2.05, 4.69) is 14.9 Å². The van der Waals surface area contributed by atoms with Crippen molar-refractivity contribution in [1.29, 1.82) is 0 Å². The number of ether oxygens (including phenoxy) is 1. The zero-order chi connectivity index (χ0) is 12.0. The van der Waals surface area contributed by atoms with E-state index in [1.807, 2.05) is 6.92 Å². The van der Waals surface area contributed by atoms with Gasteiger partial charge in [0.05, 0.1) is 6.10 Å². The molecule has 1 aromatic heterocycles. The van der Waals surface area contributed by atoms with Gasteiger partial charge in [-0.25, -0.2) is 9.97 Å². The fourth-order valence-corrected chi connectivity index (χ4v) is 2.26. The molecule has 2 fully saturated rings. The molecular formula is C12H16ClN3O. The SMILES string of the molecule is COC1CN(c2nc(C3CC3)nc(Cl)c2C)C1. The minimum atomic E-state index is 0.326. The molecule has 4 nitrogen and oxygen atoms in total. The molecule has 2 aliphatic rings. The molecule has 1 aromatic rings. The average Bonchev–Trinajstić information content (AvgIpc) is 3.06. The Kier molecular flexibility index (Phi) is 2.71. The summed E-state index contributed by atoms with van der Waals surface area (Å²) in [6.07, 6.45) is 2.71. The predicted octanol–water partition coefficient (Wildman–Crippen LogP) is 2.15. The van der Waals surface area contributed by atoms with Gasteiger partial charge in [-0.15, -0.1) is 0 Å². The molecule has 0 unspecified atom stereocenters. The van der Waals surface area contributed by atoms with Gasteiger partial charge < -0.3 is 9.64 Å². The van der Waals surface area contributed by atoms with Crippen LogP contribution in [0.1, 0.15) is 30.1 Å². The van der Waals surface area contributed by atoms with Crippen molar-refractivity contribution in [2.24, 2.45) is 0 Å². The molecule has 17 heavy (non-hydrogen) atoms. The van der Waals surface area contributed by atoms with Crippen molar-refractivity contribution in [2.45, 2.75) is 31.8 Å². The van der Waals surface area contributed by atoms with E-state index in [1.54, 1.807) is 7.11 Å². The molecule has 0 aromatic carbocycles. The maximum atomic E-state index is 6.18. The summed E-state index contributed by atoms with van der Waals surface area (Å²) in [5.41, 5.74) is 0.977. The molecule has 1 aliphatic heterocycles. The molecule has 1 saturated heterocycles. The van der Waals surface area contributed by atoms with Gasteiger partial charge in [0.2, 0.25) is 0 Å². The number of hydrogen-bond donors (Lipinski definition) is 0. The monoisotopic (exact) mass is 253 g/mol.